The van der Waals surface area contributed by atoms with Crippen LogP contribution in [-0.4, -0.2) is 17.5 Å². The molecule has 0 amide bonds. The van der Waals surface area contributed by atoms with Crippen LogP contribution in [0.2, 0.25) is 0 Å². The van der Waals surface area contributed by atoms with E-state index in [2.05, 4.69) is 39.4 Å². The highest BCUT2D eigenvalue weighted by atomic mass is 79.9. The van der Waals surface area contributed by atoms with E-state index in [1.807, 2.05) is 17.8 Å². The van der Waals surface area contributed by atoms with Crippen LogP contribution in [0.4, 0.5) is 5.69 Å². The lowest BCUT2D eigenvalue weighted by Gasteiger charge is -2.13. The summed E-state index contributed by atoms with van der Waals surface area (Å²) in [6.45, 7) is 0. The summed E-state index contributed by atoms with van der Waals surface area (Å²) in [6, 6.07) is 8.95. The average Bonchev–Trinajstić information content (AvgIpc) is 2.61. The number of halogens is 1. The van der Waals surface area contributed by atoms with Gasteiger partial charge in [0.1, 0.15) is 0 Å². The lowest BCUT2D eigenvalue weighted by atomic mass is 10.2. The van der Waals surface area contributed by atoms with Gasteiger partial charge in [0.2, 0.25) is 0 Å². The number of hydrogen-bond donors (Lipinski definition) is 1. The summed E-state index contributed by atoms with van der Waals surface area (Å²) in [5.41, 5.74) is 1.22. The molecule has 1 aliphatic rings. The van der Waals surface area contributed by atoms with Crippen molar-refractivity contribution in [3.63, 3.8) is 0 Å². The Labute approximate surface area is 91.4 Å². The molecule has 1 saturated heterocycles. The highest BCUT2D eigenvalue weighted by Gasteiger charge is 2.15. The summed E-state index contributed by atoms with van der Waals surface area (Å²) in [4.78, 5) is 0. The molecule has 13 heavy (non-hydrogen) atoms. The summed E-state index contributed by atoms with van der Waals surface area (Å²) in [6.07, 6.45) is 1.28. The number of hydrogen-bond acceptors (Lipinski definition) is 2. The fourth-order valence-electron chi connectivity index (χ4n) is 1.45. The zero-order valence-corrected chi connectivity index (χ0v) is 9.70. The van der Waals surface area contributed by atoms with Crippen LogP contribution in [0.1, 0.15) is 6.42 Å². The van der Waals surface area contributed by atoms with Crippen molar-refractivity contribution in [1.82, 2.24) is 0 Å². The minimum Gasteiger partial charge on any atom is -0.381 e. The van der Waals surface area contributed by atoms with Crippen molar-refractivity contribution in [2.45, 2.75) is 12.5 Å². The fraction of sp³-hybridized carbons (Fsp3) is 0.400. The molecule has 2 rings (SSSR count). The Morgan fingerprint density at radius 1 is 1.38 bits per heavy atom. The van der Waals surface area contributed by atoms with E-state index in [0.29, 0.717) is 6.04 Å². The lowest BCUT2D eigenvalue weighted by molar-refractivity contribution is 0.812. The molecule has 1 fully saturated rings. The van der Waals surface area contributed by atoms with Crippen molar-refractivity contribution < 1.29 is 0 Å². The first-order valence-electron chi connectivity index (χ1n) is 4.45. The molecule has 70 valence electrons. The molecule has 0 bridgehead atoms. The van der Waals surface area contributed by atoms with Gasteiger partial charge < -0.3 is 5.32 Å². The van der Waals surface area contributed by atoms with Gasteiger partial charge in [-0.25, -0.2) is 0 Å². The smallest absolute Gasteiger partial charge is 0.0487 e. The van der Waals surface area contributed by atoms with Crippen molar-refractivity contribution >= 4 is 33.4 Å². The van der Waals surface area contributed by atoms with E-state index in [4.69, 9.17) is 0 Å². The summed E-state index contributed by atoms with van der Waals surface area (Å²) >= 11 is 5.56. The van der Waals surface area contributed by atoms with Gasteiger partial charge in [0, 0.05) is 22.0 Å². The summed E-state index contributed by atoms with van der Waals surface area (Å²) in [7, 11) is 0. The van der Waals surface area contributed by atoms with Gasteiger partial charge in [-0.05, 0) is 40.2 Å². The van der Waals surface area contributed by atoms with Gasteiger partial charge in [0.25, 0.3) is 0 Å². The molecule has 0 radical (unpaired) electrons. The molecule has 3 heteroatoms. The van der Waals surface area contributed by atoms with E-state index in [-0.39, 0.29) is 0 Å². The molecule has 1 heterocycles. The lowest BCUT2D eigenvalue weighted by Crippen LogP contribution is -2.18. The van der Waals surface area contributed by atoms with Gasteiger partial charge in [-0.3, -0.25) is 0 Å². The van der Waals surface area contributed by atoms with Crippen molar-refractivity contribution in [3.8, 4) is 0 Å². The SMILES string of the molecule is Brc1ccccc1N[C@@H]1CCSC1. The molecule has 0 spiro atoms. The minimum atomic E-state index is 0.656. The molecule has 1 N–H and O–H groups in total. The van der Waals surface area contributed by atoms with Gasteiger partial charge in [-0.2, -0.15) is 11.8 Å². The Bertz CT molecular complexity index is 284. The number of thioether (sulfide) groups is 1. The van der Waals surface area contributed by atoms with Crippen molar-refractivity contribution in [1.29, 1.82) is 0 Å². The van der Waals surface area contributed by atoms with Crippen molar-refractivity contribution in [3.05, 3.63) is 28.7 Å². The van der Waals surface area contributed by atoms with Crippen LogP contribution in [0.25, 0.3) is 0 Å². The number of benzene rings is 1. The molecule has 1 atom stereocenters. The topological polar surface area (TPSA) is 12.0 Å². The van der Waals surface area contributed by atoms with Crippen LogP contribution >= 0.6 is 27.7 Å². The van der Waals surface area contributed by atoms with E-state index in [0.717, 1.165) is 4.47 Å². The Morgan fingerprint density at radius 3 is 2.92 bits per heavy atom. The maximum absolute atomic E-state index is 3.54. The standard InChI is InChI=1S/C10H12BrNS/c11-9-3-1-2-4-10(9)12-8-5-6-13-7-8/h1-4,8,12H,5-7H2/t8-/m1/s1. The number of para-hydroxylation sites is 1. The third kappa shape index (κ3) is 2.41. The van der Waals surface area contributed by atoms with Crippen LogP contribution in [0.15, 0.2) is 28.7 Å². The molecule has 0 saturated carbocycles. The second kappa shape index (κ2) is 4.38. The molecular formula is C10H12BrNS. The Balaban J connectivity index is 2.04. The van der Waals surface area contributed by atoms with Crippen LogP contribution in [0.3, 0.4) is 0 Å². The van der Waals surface area contributed by atoms with E-state index in [9.17, 15) is 0 Å². The Morgan fingerprint density at radius 2 is 2.23 bits per heavy atom. The first-order chi connectivity index (χ1) is 6.36. The molecule has 1 aliphatic heterocycles. The predicted molar refractivity (Wildman–Crippen MR) is 63.5 cm³/mol. The Hall–Kier alpha value is -0.150. The first kappa shape index (κ1) is 9.41. The zero-order valence-electron chi connectivity index (χ0n) is 7.29. The highest BCUT2D eigenvalue weighted by Crippen LogP contribution is 2.26. The number of rotatable bonds is 2. The Kier molecular flexibility index (Phi) is 3.17. The highest BCUT2D eigenvalue weighted by molar-refractivity contribution is 9.10. The van der Waals surface area contributed by atoms with Crippen LogP contribution in [0.5, 0.6) is 0 Å². The molecule has 0 aromatic heterocycles. The van der Waals surface area contributed by atoms with E-state index >= 15 is 0 Å². The third-order valence-electron chi connectivity index (χ3n) is 2.16. The van der Waals surface area contributed by atoms with Crippen molar-refractivity contribution in [2.75, 3.05) is 16.8 Å². The van der Waals surface area contributed by atoms with E-state index < -0.39 is 0 Å². The quantitative estimate of drug-likeness (QED) is 0.872. The van der Waals surface area contributed by atoms with Gasteiger partial charge in [0.15, 0.2) is 0 Å². The second-order valence-electron chi connectivity index (χ2n) is 3.18. The predicted octanol–water partition coefficient (Wildman–Crippen LogP) is 3.37. The minimum absolute atomic E-state index is 0.656. The zero-order chi connectivity index (χ0) is 9.10. The van der Waals surface area contributed by atoms with Crippen LogP contribution < -0.4 is 5.32 Å². The van der Waals surface area contributed by atoms with Gasteiger partial charge in [-0.15, -0.1) is 0 Å². The van der Waals surface area contributed by atoms with Crippen LogP contribution in [-0.2, 0) is 0 Å². The molecule has 0 unspecified atom stereocenters. The van der Waals surface area contributed by atoms with Gasteiger partial charge in [-0.1, -0.05) is 12.1 Å². The molecule has 1 aromatic rings. The molecule has 1 nitrogen and oxygen atoms in total. The molecule has 1 aromatic carbocycles. The number of nitrogens with one attached hydrogen (secondary N) is 1. The van der Waals surface area contributed by atoms with Gasteiger partial charge >= 0.3 is 0 Å². The molecular weight excluding hydrogens is 246 g/mol. The maximum atomic E-state index is 3.54. The largest absolute Gasteiger partial charge is 0.381 e. The normalized spacial score (nSPS) is 21.8. The average molecular weight is 258 g/mol. The monoisotopic (exact) mass is 257 g/mol. The van der Waals surface area contributed by atoms with E-state index in [1.165, 1.54) is 23.6 Å². The third-order valence-corrected chi connectivity index (χ3v) is 4.02. The first-order valence-corrected chi connectivity index (χ1v) is 6.40. The van der Waals surface area contributed by atoms with Crippen LogP contribution in [0, 0.1) is 0 Å². The summed E-state index contributed by atoms with van der Waals surface area (Å²) in [5, 5.41) is 3.54. The van der Waals surface area contributed by atoms with Crippen molar-refractivity contribution in [2.24, 2.45) is 0 Å². The molecule has 0 aliphatic carbocycles. The summed E-state index contributed by atoms with van der Waals surface area (Å²) in [5.74, 6) is 2.53. The van der Waals surface area contributed by atoms with Gasteiger partial charge in [0.05, 0.1) is 0 Å². The second-order valence-corrected chi connectivity index (χ2v) is 5.19. The van der Waals surface area contributed by atoms with E-state index in [1.54, 1.807) is 0 Å². The summed E-state index contributed by atoms with van der Waals surface area (Å²) < 4.78 is 1.16. The maximum Gasteiger partial charge on any atom is 0.0487 e. The fourth-order valence-corrected chi connectivity index (χ4v) is 3.00. The number of anilines is 1.